The number of fused-ring (bicyclic) bond motifs is 1. The molecule has 0 unspecified atom stereocenters. The summed E-state index contributed by atoms with van der Waals surface area (Å²) in [6.07, 6.45) is 10.3. The number of anilines is 1. The second kappa shape index (κ2) is 7.05. The molecule has 3 aromatic rings. The Morgan fingerprint density at radius 1 is 1.08 bits per heavy atom. The Hall–Kier alpha value is -2.69. The van der Waals surface area contributed by atoms with E-state index in [9.17, 15) is 4.79 Å². The Morgan fingerprint density at radius 2 is 1.92 bits per heavy atom. The molecule has 0 aliphatic heterocycles. The van der Waals surface area contributed by atoms with E-state index in [0.29, 0.717) is 12.3 Å². The number of carbonyl (C=O) groups excluding carboxylic acids is 1. The van der Waals surface area contributed by atoms with Crippen molar-refractivity contribution in [1.82, 2.24) is 14.5 Å². The number of hydrogen-bond donors (Lipinski definition) is 1. The number of benzene rings is 1. The van der Waals surface area contributed by atoms with Crippen molar-refractivity contribution in [3.63, 3.8) is 0 Å². The molecule has 0 saturated heterocycles. The van der Waals surface area contributed by atoms with Crippen molar-refractivity contribution in [2.24, 2.45) is 5.92 Å². The average Bonchev–Trinajstić information content (AvgIpc) is 3.07. The molecule has 1 fully saturated rings. The van der Waals surface area contributed by atoms with Crippen molar-refractivity contribution < 1.29 is 4.79 Å². The molecule has 128 valence electrons. The van der Waals surface area contributed by atoms with Gasteiger partial charge in [0.15, 0.2) is 0 Å². The fourth-order valence-electron chi connectivity index (χ4n) is 3.61. The fraction of sp³-hybridized carbons (Fsp3) is 0.350. The van der Waals surface area contributed by atoms with E-state index in [4.69, 9.17) is 0 Å². The van der Waals surface area contributed by atoms with Crippen LogP contribution in [0.5, 0.6) is 0 Å². The van der Waals surface area contributed by atoms with Gasteiger partial charge >= 0.3 is 0 Å². The van der Waals surface area contributed by atoms with Gasteiger partial charge in [-0.25, -0.2) is 9.97 Å². The molecule has 1 aliphatic rings. The predicted octanol–water partition coefficient (Wildman–Crippen LogP) is 4.33. The normalized spacial score (nSPS) is 15.4. The van der Waals surface area contributed by atoms with E-state index < -0.39 is 0 Å². The van der Waals surface area contributed by atoms with Gasteiger partial charge in [0.1, 0.15) is 12.1 Å². The van der Waals surface area contributed by atoms with Gasteiger partial charge in [-0.15, -0.1) is 0 Å². The minimum Gasteiger partial charge on any atom is -0.325 e. The standard InChI is InChI=1S/C20H22N4O/c25-20(12-15-6-2-1-3-7-15)23-16-10-11-19(21-13-16)24-14-22-17-8-4-5-9-18(17)24/h4-5,8-11,13-15H,1-3,6-7,12H2,(H,23,25). The van der Waals surface area contributed by atoms with Gasteiger partial charge in [0.2, 0.25) is 5.91 Å². The molecule has 5 heteroatoms. The molecule has 2 aromatic heterocycles. The molecule has 1 N–H and O–H groups in total. The quantitative estimate of drug-likeness (QED) is 0.772. The van der Waals surface area contributed by atoms with Crippen LogP contribution in [0.2, 0.25) is 0 Å². The highest BCUT2D eigenvalue weighted by molar-refractivity contribution is 5.90. The molecule has 0 atom stereocenters. The van der Waals surface area contributed by atoms with Gasteiger partial charge in [-0.3, -0.25) is 9.36 Å². The van der Waals surface area contributed by atoms with Gasteiger partial charge in [0.05, 0.1) is 22.9 Å². The molecule has 1 aromatic carbocycles. The summed E-state index contributed by atoms with van der Waals surface area (Å²) >= 11 is 0. The monoisotopic (exact) mass is 334 g/mol. The first-order chi connectivity index (χ1) is 12.3. The topological polar surface area (TPSA) is 59.8 Å². The lowest BCUT2D eigenvalue weighted by Crippen LogP contribution is -2.18. The Labute approximate surface area is 147 Å². The smallest absolute Gasteiger partial charge is 0.224 e. The van der Waals surface area contributed by atoms with E-state index in [2.05, 4.69) is 15.3 Å². The number of para-hydroxylation sites is 2. The van der Waals surface area contributed by atoms with E-state index in [0.717, 1.165) is 22.5 Å². The maximum atomic E-state index is 12.2. The van der Waals surface area contributed by atoms with E-state index in [1.807, 2.05) is 41.0 Å². The lowest BCUT2D eigenvalue weighted by molar-refractivity contribution is -0.117. The summed E-state index contributed by atoms with van der Waals surface area (Å²) in [5.74, 6) is 1.42. The van der Waals surface area contributed by atoms with Crippen LogP contribution in [0, 0.1) is 5.92 Å². The van der Waals surface area contributed by atoms with Crippen LogP contribution in [-0.2, 0) is 4.79 Å². The third-order valence-corrected chi connectivity index (χ3v) is 4.93. The zero-order valence-electron chi connectivity index (χ0n) is 14.2. The van der Waals surface area contributed by atoms with Gasteiger partial charge in [-0.2, -0.15) is 0 Å². The molecule has 1 saturated carbocycles. The van der Waals surface area contributed by atoms with Gasteiger partial charge < -0.3 is 5.32 Å². The summed E-state index contributed by atoms with van der Waals surface area (Å²) in [6, 6.07) is 11.8. The first kappa shape index (κ1) is 15.8. The highest BCUT2D eigenvalue weighted by Gasteiger charge is 2.17. The summed E-state index contributed by atoms with van der Waals surface area (Å²) in [5.41, 5.74) is 2.70. The van der Waals surface area contributed by atoms with Crippen LogP contribution in [0.4, 0.5) is 5.69 Å². The van der Waals surface area contributed by atoms with Crippen LogP contribution in [0.15, 0.2) is 48.9 Å². The van der Waals surface area contributed by atoms with Gasteiger partial charge in [0.25, 0.3) is 0 Å². The number of aromatic nitrogens is 3. The van der Waals surface area contributed by atoms with Crippen molar-refractivity contribution in [1.29, 1.82) is 0 Å². The lowest BCUT2D eigenvalue weighted by atomic mass is 9.87. The summed E-state index contributed by atoms with van der Waals surface area (Å²) in [7, 11) is 0. The maximum absolute atomic E-state index is 12.2. The van der Waals surface area contributed by atoms with Crippen LogP contribution >= 0.6 is 0 Å². The molecule has 1 amide bonds. The second-order valence-corrected chi connectivity index (χ2v) is 6.76. The zero-order valence-corrected chi connectivity index (χ0v) is 14.2. The van der Waals surface area contributed by atoms with E-state index in [1.165, 1.54) is 32.1 Å². The molecule has 25 heavy (non-hydrogen) atoms. The summed E-state index contributed by atoms with van der Waals surface area (Å²) in [4.78, 5) is 21.1. The van der Waals surface area contributed by atoms with Crippen molar-refractivity contribution in [3.8, 4) is 5.82 Å². The number of carbonyl (C=O) groups is 1. The molecule has 5 nitrogen and oxygen atoms in total. The molecule has 0 bridgehead atoms. The third-order valence-electron chi connectivity index (χ3n) is 4.93. The molecule has 0 spiro atoms. The van der Waals surface area contributed by atoms with Gasteiger partial charge in [0, 0.05) is 6.42 Å². The Morgan fingerprint density at radius 3 is 2.72 bits per heavy atom. The average molecular weight is 334 g/mol. The largest absolute Gasteiger partial charge is 0.325 e. The molecular weight excluding hydrogens is 312 g/mol. The second-order valence-electron chi connectivity index (χ2n) is 6.76. The Balaban J connectivity index is 1.44. The Kier molecular flexibility index (Phi) is 4.46. The van der Waals surface area contributed by atoms with Crippen molar-refractivity contribution >= 4 is 22.6 Å². The number of rotatable bonds is 4. The molecule has 4 rings (SSSR count). The fourth-order valence-corrected chi connectivity index (χ4v) is 3.61. The predicted molar refractivity (Wildman–Crippen MR) is 98.7 cm³/mol. The number of nitrogens with one attached hydrogen (secondary N) is 1. The van der Waals surface area contributed by atoms with Crippen LogP contribution < -0.4 is 5.32 Å². The van der Waals surface area contributed by atoms with Gasteiger partial charge in [-0.05, 0) is 43.0 Å². The first-order valence-corrected chi connectivity index (χ1v) is 8.98. The highest BCUT2D eigenvalue weighted by atomic mass is 16.1. The first-order valence-electron chi connectivity index (χ1n) is 8.98. The van der Waals surface area contributed by atoms with Crippen LogP contribution in [-0.4, -0.2) is 20.4 Å². The van der Waals surface area contributed by atoms with Crippen molar-refractivity contribution in [2.45, 2.75) is 38.5 Å². The minimum absolute atomic E-state index is 0.0922. The summed E-state index contributed by atoms with van der Waals surface area (Å²) in [6.45, 7) is 0. The Bertz CT molecular complexity index is 863. The van der Waals surface area contributed by atoms with Crippen LogP contribution in [0.1, 0.15) is 38.5 Å². The van der Waals surface area contributed by atoms with Crippen molar-refractivity contribution in [3.05, 3.63) is 48.9 Å². The minimum atomic E-state index is 0.0922. The number of hydrogen-bond acceptors (Lipinski definition) is 3. The van der Waals surface area contributed by atoms with E-state index in [-0.39, 0.29) is 5.91 Å². The summed E-state index contributed by atoms with van der Waals surface area (Å²) in [5, 5.41) is 2.97. The molecule has 2 heterocycles. The SMILES string of the molecule is O=C(CC1CCCCC1)Nc1ccc(-n2cnc3ccccc32)nc1. The number of imidazole rings is 1. The number of nitrogens with zero attached hydrogens (tertiary/aromatic N) is 3. The summed E-state index contributed by atoms with van der Waals surface area (Å²) < 4.78 is 1.95. The van der Waals surface area contributed by atoms with Crippen molar-refractivity contribution in [2.75, 3.05) is 5.32 Å². The van der Waals surface area contributed by atoms with Gasteiger partial charge in [-0.1, -0.05) is 31.4 Å². The van der Waals surface area contributed by atoms with E-state index >= 15 is 0 Å². The van der Waals surface area contributed by atoms with Crippen LogP contribution in [0.3, 0.4) is 0 Å². The molecular formula is C20H22N4O. The van der Waals surface area contributed by atoms with E-state index in [1.54, 1.807) is 12.5 Å². The molecule has 0 radical (unpaired) electrons. The highest BCUT2D eigenvalue weighted by Crippen LogP contribution is 2.26. The zero-order chi connectivity index (χ0) is 17.1. The number of amides is 1. The third kappa shape index (κ3) is 3.55. The van der Waals surface area contributed by atoms with Crippen LogP contribution in [0.25, 0.3) is 16.9 Å². The number of pyridine rings is 1. The maximum Gasteiger partial charge on any atom is 0.224 e. The lowest BCUT2D eigenvalue weighted by Gasteiger charge is -2.20. The molecule has 1 aliphatic carbocycles.